The van der Waals surface area contributed by atoms with Crippen LogP contribution in [0.3, 0.4) is 0 Å². The van der Waals surface area contributed by atoms with Crippen LogP contribution in [0.5, 0.6) is 5.75 Å². The van der Waals surface area contributed by atoms with Crippen molar-refractivity contribution in [1.29, 1.82) is 0 Å². The normalized spacial score (nSPS) is 20.9. The van der Waals surface area contributed by atoms with Crippen LogP contribution in [-0.2, 0) is 0 Å². The Labute approximate surface area is 196 Å². The Hall–Kier alpha value is -3.39. The fourth-order valence-electron chi connectivity index (χ4n) is 4.73. The molecule has 1 saturated carbocycles. The number of hydrogen-bond acceptors (Lipinski definition) is 6. The maximum Gasteiger partial charge on any atom is 0.274 e. The monoisotopic (exact) mass is 462 g/mol. The number of hydrogen-bond donors (Lipinski definition) is 2. The van der Waals surface area contributed by atoms with Crippen LogP contribution in [0.2, 0.25) is 0 Å². The van der Waals surface area contributed by atoms with Crippen molar-refractivity contribution in [2.24, 2.45) is 11.8 Å². The van der Waals surface area contributed by atoms with Gasteiger partial charge in [0.1, 0.15) is 11.4 Å². The Morgan fingerprint density at radius 3 is 2.85 bits per heavy atom. The molecule has 0 radical (unpaired) electrons. The number of piperidine rings is 1. The zero-order valence-electron chi connectivity index (χ0n) is 18.6. The minimum Gasteiger partial charge on any atom is -0.497 e. The molecule has 0 spiro atoms. The Balaban J connectivity index is 1.34. The summed E-state index contributed by atoms with van der Waals surface area (Å²) in [4.78, 5) is 33.4. The number of thiazole rings is 1. The molecule has 8 heteroatoms. The van der Waals surface area contributed by atoms with Crippen LogP contribution in [0.15, 0.2) is 48.5 Å². The molecule has 1 saturated heterocycles. The number of likely N-dealkylation sites (tertiary alicyclic amines) is 1. The van der Waals surface area contributed by atoms with Gasteiger partial charge in [-0.15, -0.1) is 0 Å². The number of carbonyl (C=O) groups excluding carboxylic acids is 2. The second kappa shape index (κ2) is 8.51. The molecule has 2 amide bonds. The molecule has 5 rings (SSSR count). The Bertz CT molecular complexity index is 1220. The van der Waals surface area contributed by atoms with E-state index in [4.69, 9.17) is 10.5 Å². The number of ether oxygens (including phenoxy) is 1. The minimum atomic E-state index is -0.177. The summed E-state index contributed by atoms with van der Waals surface area (Å²) >= 11 is 1.33. The number of nitrogen functional groups attached to an aromatic ring is 1. The average Bonchev–Trinajstić information content (AvgIpc) is 3.33. The van der Waals surface area contributed by atoms with Crippen molar-refractivity contribution in [3.8, 4) is 16.2 Å². The molecule has 0 bridgehead atoms. The third-order valence-electron chi connectivity index (χ3n) is 6.49. The van der Waals surface area contributed by atoms with Gasteiger partial charge in [0.05, 0.1) is 18.0 Å². The Morgan fingerprint density at radius 2 is 2.06 bits per heavy atom. The van der Waals surface area contributed by atoms with E-state index in [0.29, 0.717) is 47.1 Å². The number of anilines is 1. The van der Waals surface area contributed by atoms with E-state index in [2.05, 4.69) is 10.3 Å². The first-order chi connectivity index (χ1) is 15.9. The van der Waals surface area contributed by atoms with Crippen molar-refractivity contribution in [2.75, 3.05) is 25.9 Å². The fourth-order valence-corrected chi connectivity index (χ4v) is 5.55. The highest BCUT2D eigenvalue weighted by atomic mass is 32.1. The van der Waals surface area contributed by atoms with E-state index in [-0.39, 0.29) is 17.9 Å². The lowest BCUT2D eigenvalue weighted by molar-refractivity contribution is 0.0691. The van der Waals surface area contributed by atoms with Crippen molar-refractivity contribution in [1.82, 2.24) is 15.2 Å². The number of rotatable bonds is 6. The summed E-state index contributed by atoms with van der Waals surface area (Å²) in [6, 6.07) is 15.0. The number of nitrogens with two attached hydrogens (primary N) is 1. The molecule has 33 heavy (non-hydrogen) atoms. The summed E-state index contributed by atoms with van der Waals surface area (Å²) in [7, 11) is 1.57. The van der Waals surface area contributed by atoms with Crippen molar-refractivity contribution < 1.29 is 14.3 Å². The topological polar surface area (TPSA) is 97.5 Å². The molecule has 2 heterocycles. The summed E-state index contributed by atoms with van der Waals surface area (Å²) in [6.07, 6.45) is 1.09. The van der Waals surface area contributed by atoms with E-state index in [1.165, 1.54) is 11.3 Å². The molecule has 3 N–H and O–H groups in total. The number of aromatic nitrogens is 1. The molecule has 2 aliphatic rings. The predicted molar refractivity (Wildman–Crippen MR) is 128 cm³/mol. The van der Waals surface area contributed by atoms with Crippen molar-refractivity contribution >= 4 is 28.3 Å². The minimum absolute atomic E-state index is 0.0506. The van der Waals surface area contributed by atoms with Crippen LogP contribution in [0.4, 0.5) is 5.13 Å². The third kappa shape index (κ3) is 4.18. The van der Waals surface area contributed by atoms with Crippen LogP contribution < -0.4 is 15.8 Å². The van der Waals surface area contributed by atoms with Crippen LogP contribution >= 0.6 is 11.3 Å². The van der Waals surface area contributed by atoms with Crippen molar-refractivity contribution in [2.45, 2.75) is 19.4 Å². The van der Waals surface area contributed by atoms with Crippen LogP contribution in [0.1, 0.15) is 32.8 Å². The predicted octanol–water partition coefficient (Wildman–Crippen LogP) is 3.60. The van der Waals surface area contributed by atoms with Gasteiger partial charge in [-0.3, -0.25) is 9.59 Å². The summed E-state index contributed by atoms with van der Waals surface area (Å²) in [5, 5.41) is 3.39. The number of carbonyl (C=O) groups is 2. The van der Waals surface area contributed by atoms with Crippen molar-refractivity contribution in [3.05, 3.63) is 65.4 Å². The summed E-state index contributed by atoms with van der Waals surface area (Å²) < 4.78 is 5.21. The van der Waals surface area contributed by atoms with Gasteiger partial charge in [0.15, 0.2) is 5.13 Å². The average molecular weight is 463 g/mol. The molecule has 0 unspecified atom stereocenters. The molecule has 2 aromatic carbocycles. The van der Waals surface area contributed by atoms with Gasteiger partial charge < -0.3 is 20.7 Å². The Kier molecular flexibility index (Phi) is 5.54. The van der Waals surface area contributed by atoms with Gasteiger partial charge in [-0.2, -0.15) is 0 Å². The standard InChI is InChI=1S/C25H26N4O3S/c1-14-5-3-6-15(9-14)22-21(28-25(26)33-22)24(31)29-13-17-11-19(17)20(29)12-27-23(30)16-7-4-8-18(10-16)32-2/h3-10,17,19-20H,11-13H2,1-2H3,(H2,26,28)(H,27,30)/t17-,19-,20-/m1/s1. The van der Waals surface area contributed by atoms with Gasteiger partial charge in [0.25, 0.3) is 11.8 Å². The molecule has 1 aliphatic carbocycles. The number of benzene rings is 2. The van der Waals surface area contributed by atoms with E-state index >= 15 is 0 Å². The van der Waals surface area contributed by atoms with Gasteiger partial charge in [0.2, 0.25) is 0 Å². The largest absolute Gasteiger partial charge is 0.497 e. The fraction of sp³-hybridized carbons (Fsp3) is 0.320. The van der Waals surface area contributed by atoms with E-state index in [0.717, 1.165) is 22.4 Å². The first-order valence-corrected chi connectivity index (χ1v) is 11.8. The first kappa shape index (κ1) is 21.5. The molecule has 1 aliphatic heterocycles. The van der Waals surface area contributed by atoms with Gasteiger partial charge >= 0.3 is 0 Å². The maximum atomic E-state index is 13.6. The molecular weight excluding hydrogens is 436 g/mol. The highest BCUT2D eigenvalue weighted by Crippen LogP contribution is 2.50. The quantitative estimate of drug-likeness (QED) is 0.583. The van der Waals surface area contributed by atoms with Crippen LogP contribution in [0.25, 0.3) is 10.4 Å². The van der Waals surface area contributed by atoms with Gasteiger partial charge in [-0.05, 0) is 48.9 Å². The number of aryl methyl sites for hydroxylation is 1. The highest BCUT2D eigenvalue weighted by Gasteiger charge is 2.54. The zero-order chi connectivity index (χ0) is 23.1. The van der Waals surface area contributed by atoms with Gasteiger partial charge in [-0.25, -0.2) is 4.98 Å². The lowest BCUT2D eigenvalue weighted by atomic mass is 10.1. The summed E-state index contributed by atoms with van der Waals surface area (Å²) in [6.45, 7) is 3.11. The van der Waals surface area contributed by atoms with E-state index in [9.17, 15) is 9.59 Å². The van der Waals surface area contributed by atoms with Crippen molar-refractivity contribution in [3.63, 3.8) is 0 Å². The SMILES string of the molecule is COc1cccc(C(=O)NC[C@@H]2[C@@H]3C[C@@H]3CN2C(=O)c2nc(N)sc2-c2cccc(C)c2)c1. The molecule has 1 aromatic heterocycles. The zero-order valence-corrected chi connectivity index (χ0v) is 19.4. The Morgan fingerprint density at radius 1 is 1.24 bits per heavy atom. The second-order valence-corrected chi connectivity index (χ2v) is 9.76. The number of nitrogens with zero attached hydrogens (tertiary/aromatic N) is 2. The van der Waals surface area contributed by atoms with E-state index in [1.54, 1.807) is 31.4 Å². The smallest absolute Gasteiger partial charge is 0.274 e. The second-order valence-electron chi connectivity index (χ2n) is 8.73. The number of methoxy groups -OCH3 is 1. The number of fused-ring (bicyclic) bond motifs is 1. The van der Waals surface area contributed by atoms with E-state index < -0.39 is 0 Å². The lowest BCUT2D eigenvalue weighted by Gasteiger charge is -2.27. The molecule has 170 valence electrons. The van der Waals surface area contributed by atoms with Crippen LogP contribution in [-0.4, -0.2) is 47.9 Å². The van der Waals surface area contributed by atoms with Gasteiger partial charge in [-0.1, -0.05) is 47.2 Å². The van der Waals surface area contributed by atoms with Gasteiger partial charge in [0, 0.05) is 18.7 Å². The number of nitrogens with one attached hydrogen (secondary N) is 1. The molecule has 2 fully saturated rings. The molecule has 3 aromatic rings. The third-order valence-corrected chi connectivity index (χ3v) is 7.43. The highest BCUT2D eigenvalue weighted by molar-refractivity contribution is 7.19. The van der Waals surface area contributed by atoms with E-state index in [1.807, 2.05) is 36.1 Å². The lowest BCUT2D eigenvalue weighted by Crippen LogP contribution is -2.45. The summed E-state index contributed by atoms with van der Waals surface area (Å²) in [5.41, 5.74) is 9.00. The maximum absolute atomic E-state index is 13.6. The van der Waals surface area contributed by atoms with Crippen LogP contribution in [0, 0.1) is 18.8 Å². The summed E-state index contributed by atoms with van der Waals surface area (Å²) in [5.74, 6) is 1.24. The number of amides is 2. The molecular formula is C25H26N4O3S. The molecule has 3 atom stereocenters. The molecule has 7 nitrogen and oxygen atoms in total. The first-order valence-electron chi connectivity index (χ1n) is 11.0.